The van der Waals surface area contributed by atoms with E-state index in [0.29, 0.717) is 17.6 Å². The molecule has 0 amide bonds. The molecule has 3 rings (SSSR count). The maximum absolute atomic E-state index is 11.2. The molecule has 0 heterocycles. The van der Waals surface area contributed by atoms with Crippen molar-refractivity contribution in [3.8, 4) is 5.75 Å². The van der Waals surface area contributed by atoms with E-state index < -0.39 is 0 Å². The van der Waals surface area contributed by atoms with Gasteiger partial charge >= 0.3 is 0 Å². The van der Waals surface area contributed by atoms with Gasteiger partial charge in [0, 0.05) is 0 Å². The minimum atomic E-state index is 0.602. The molecule has 1 heteroatoms. The number of rotatable bonds is 10. The van der Waals surface area contributed by atoms with E-state index >= 15 is 0 Å². The Morgan fingerprint density at radius 3 is 1.64 bits per heavy atom. The van der Waals surface area contributed by atoms with E-state index in [0.717, 1.165) is 0 Å². The minimum absolute atomic E-state index is 0.602. The first kappa shape index (κ1) is 21.7. The van der Waals surface area contributed by atoms with E-state index in [-0.39, 0.29) is 0 Å². The van der Waals surface area contributed by atoms with Crippen LogP contribution in [0.4, 0.5) is 0 Å². The van der Waals surface area contributed by atoms with Crippen LogP contribution in [0.1, 0.15) is 145 Å². The number of aryl methyl sites for hydroxylation is 1. The topological polar surface area (TPSA) is 20.2 Å². The number of unbranched alkanes of at least 4 members (excludes halogenated alkanes) is 6. The third kappa shape index (κ3) is 6.26. The maximum Gasteiger partial charge on any atom is 0.122 e. The molecule has 1 nitrogen and oxygen atoms in total. The summed E-state index contributed by atoms with van der Waals surface area (Å²) in [5.41, 5.74) is 4.12. The van der Waals surface area contributed by atoms with Gasteiger partial charge in [-0.15, -0.1) is 0 Å². The van der Waals surface area contributed by atoms with Gasteiger partial charge in [-0.3, -0.25) is 0 Å². The van der Waals surface area contributed by atoms with E-state index in [2.05, 4.69) is 19.1 Å². The van der Waals surface area contributed by atoms with E-state index in [4.69, 9.17) is 0 Å². The van der Waals surface area contributed by atoms with Crippen LogP contribution in [-0.2, 0) is 6.42 Å². The van der Waals surface area contributed by atoms with Crippen molar-refractivity contribution in [2.45, 2.75) is 134 Å². The zero-order chi connectivity index (χ0) is 19.6. The zero-order valence-corrected chi connectivity index (χ0v) is 18.5. The van der Waals surface area contributed by atoms with Crippen LogP contribution in [0.25, 0.3) is 0 Å². The van der Waals surface area contributed by atoms with E-state index in [9.17, 15) is 5.11 Å². The van der Waals surface area contributed by atoms with Crippen LogP contribution in [-0.4, -0.2) is 5.11 Å². The Labute approximate surface area is 174 Å². The van der Waals surface area contributed by atoms with Crippen molar-refractivity contribution in [2.24, 2.45) is 0 Å². The van der Waals surface area contributed by atoms with Gasteiger partial charge in [0.2, 0.25) is 0 Å². The van der Waals surface area contributed by atoms with Gasteiger partial charge in [-0.05, 0) is 67.1 Å². The first-order valence-electron chi connectivity index (χ1n) is 12.6. The average molecular weight is 385 g/mol. The molecule has 0 saturated heterocycles. The molecule has 2 saturated carbocycles. The number of hydrogen-bond acceptors (Lipinski definition) is 1. The van der Waals surface area contributed by atoms with E-state index in [1.165, 1.54) is 132 Å². The zero-order valence-electron chi connectivity index (χ0n) is 18.5. The second-order valence-electron chi connectivity index (χ2n) is 9.66. The summed E-state index contributed by atoms with van der Waals surface area (Å²) in [5.74, 6) is 1.89. The molecule has 2 aliphatic rings. The van der Waals surface area contributed by atoms with Gasteiger partial charge in [0.25, 0.3) is 0 Å². The summed E-state index contributed by atoms with van der Waals surface area (Å²) in [4.78, 5) is 0. The molecule has 1 aromatic carbocycles. The van der Waals surface area contributed by atoms with Crippen molar-refractivity contribution in [3.05, 3.63) is 28.8 Å². The minimum Gasteiger partial charge on any atom is -0.507 e. The molecular weight excluding hydrogens is 340 g/mol. The van der Waals surface area contributed by atoms with Gasteiger partial charge in [0.05, 0.1) is 0 Å². The molecule has 0 radical (unpaired) electrons. The lowest BCUT2D eigenvalue weighted by atomic mass is 9.78. The normalized spacial score (nSPS) is 19.2. The quantitative estimate of drug-likeness (QED) is 0.400. The standard InChI is InChI=1S/C27H44O/c1-2-3-4-5-6-7-10-15-22-20-25(23-16-11-8-12-17-23)27(28)26(21-22)24-18-13-9-14-19-24/h20-21,23-24,28H,2-19H2,1H3. The van der Waals surface area contributed by atoms with E-state index in [1.54, 1.807) is 0 Å². The first-order chi connectivity index (χ1) is 13.8. The van der Waals surface area contributed by atoms with Crippen LogP contribution in [0, 0.1) is 0 Å². The Morgan fingerprint density at radius 2 is 1.14 bits per heavy atom. The number of phenolic OH excluding ortho intramolecular Hbond substituents is 1. The second kappa shape index (κ2) is 11.9. The van der Waals surface area contributed by atoms with Gasteiger partial charge in [0.1, 0.15) is 5.75 Å². The highest BCUT2D eigenvalue weighted by Gasteiger charge is 2.25. The Kier molecular flexibility index (Phi) is 9.22. The number of aromatic hydroxyl groups is 1. The molecule has 0 spiro atoms. The average Bonchev–Trinajstić information content (AvgIpc) is 2.75. The molecule has 0 aliphatic heterocycles. The van der Waals surface area contributed by atoms with Crippen molar-refractivity contribution >= 4 is 0 Å². The molecule has 1 N–H and O–H groups in total. The summed E-state index contributed by atoms with van der Waals surface area (Å²) < 4.78 is 0. The van der Waals surface area contributed by atoms with Crippen LogP contribution in [0.5, 0.6) is 5.75 Å². The molecular formula is C27H44O. The molecule has 0 unspecified atom stereocenters. The van der Waals surface area contributed by atoms with Gasteiger partial charge in [-0.25, -0.2) is 0 Å². The lowest BCUT2D eigenvalue weighted by molar-refractivity contribution is 0.392. The Hall–Kier alpha value is -0.980. The third-order valence-corrected chi connectivity index (χ3v) is 7.39. The van der Waals surface area contributed by atoms with Crippen LogP contribution >= 0.6 is 0 Å². The molecule has 2 aliphatic carbocycles. The number of benzene rings is 1. The summed E-state index contributed by atoms with van der Waals surface area (Å²) in [6, 6.07) is 4.80. The second-order valence-corrected chi connectivity index (χ2v) is 9.66. The highest BCUT2D eigenvalue weighted by Crippen LogP contribution is 2.44. The lowest BCUT2D eigenvalue weighted by Crippen LogP contribution is -2.10. The summed E-state index contributed by atoms with van der Waals surface area (Å²) in [6.07, 6.45) is 24.0. The molecule has 1 aromatic rings. The fourth-order valence-corrected chi connectivity index (χ4v) is 5.62. The summed E-state index contributed by atoms with van der Waals surface area (Å²) >= 11 is 0. The SMILES string of the molecule is CCCCCCCCCc1cc(C2CCCCC2)c(O)c(C2CCCCC2)c1. The van der Waals surface area contributed by atoms with Gasteiger partial charge < -0.3 is 5.11 Å². The van der Waals surface area contributed by atoms with Crippen LogP contribution < -0.4 is 0 Å². The van der Waals surface area contributed by atoms with Crippen LogP contribution in [0.3, 0.4) is 0 Å². The van der Waals surface area contributed by atoms with Gasteiger partial charge in [0.15, 0.2) is 0 Å². The van der Waals surface area contributed by atoms with Crippen molar-refractivity contribution in [1.82, 2.24) is 0 Å². The summed E-state index contributed by atoms with van der Waals surface area (Å²) in [7, 11) is 0. The van der Waals surface area contributed by atoms with Crippen molar-refractivity contribution in [1.29, 1.82) is 0 Å². The van der Waals surface area contributed by atoms with Crippen LogP contribution in [0.2, 0.25) is 0 Å². The molecule has 28 heavy (non-hydrogen) atoms. The van der Waals surface area contributed by atoms with Crippen LogP contribution in [0.15, 0.2) is 12.1 Å². The fourth-order valence-electron chi connectivity index (χ4n) is 5.62. The van der Waals surface area contributed by atoms with Crippen molar-refractivity contribution in [3.63, 3.8) is 0 Å². The molecule has 2 fully saturated rings. The third-order valence-electron chi connectivity index (χ3n) is 7.39. The molecule has 158 valence electrons. The molecule has 0 aromatic heterocycles. The smallest absolute Gasteiger partial charge is 0.122 e. The van der Waals surface area contributed by atoms with Gasteiger partial charge in [-0.1, -0.05) is 96.1 Å². The van der Waals surface area contributed by atoms with Gasteiger partial charge in [-0.2, -0.15) is 0 Å². The lowest BCUT2D eigenvalue weighted by Gasteiger charge is -2.28. The van der Waals surface area contributed by atoms with Crippen molar-refractivity contribution in [2.75, 3.05) is 0 Å². The largest absolute Gasteiger partial charge is 0.507 e. The number of phenols is 1. The highest BCUT2D eigenvalue weighted by molar-refractivity contribution is 5.47. The number of hydrogen-bond donors (Lipinski definition) is 1. The molecule has 0 atom stereocenters. The maximum atomic E-state index is 11.2. The predicted molar refractivity (Wildman–Crippen MR) is 121 cm³/mol. The summed E-state index contributed by atoms with van der Waals surface area (Å²) in [6.45, 7) is 2.29. The molecule has 0 bridgehead atoms. The Balaban J connectivity index is 1.67. The monoisotopic (exact) mass is 384 g/mol. The Bertz CT molecular complexity index is 525. The van der Waals surface area contributed by atoms with Crippen molar-refractivity contribution < 1.29 is 5.11 Å². The Morgan fingerprint density at radius 1 is 0.679 bits per heavy atom. The predicted octanol–water partition coefficient (Wildman–Crippen LogP) is 8.78. The first-order valence-corrected chi connectivity index (χ1v) is 12.6. The highest BCUT2D eigenvalue weighted by atomic mass is 16.3. The fraction of sp³-hybridized carbons (Fsp3) is 0.778. The summed E-state index contributed by atoms with van der Waals surface area (Å²) in [5, 5.41) is 11.2. The van der Waals surface area contributed by atoms with E-state index in [1.807, 2.05) is 0 Å².